The summed E-state index contributed by atoms with van der Waals surface area (Å²) in [6.45, 7) is 2.28. The van der Waals surface area contributed by atoms with Gasteiger partial charge in [0.05, 0.1) is 11.9 Å². The SMILES string of the molecule is Cc1ccc(N(CC(=O)Nc2ccc(N3CCCC3=O)cc2)S(C)(=O)=O)cc1. The van der Waals surface area contributed by atoms with E-state index in [1.807, 2.05) is 6.92 Å². The molecule has 0 radical (unpaired) electrons. The Morgan fingerprint density at radius 3 is 2.29 bits per heavy atom. The van der Waals surface area contributed by atoms with E-state index in [-0.39, 0.29) is 12.5 Å². The Kier molecular flexibility index (Phi) is 5.69. The lowest BCUT2D eigenvalue weighted by molar-refractivity contribution is -0.117. The van der Waals surface area contributed by atoms with Gasteiger partial charge in [0.25, 0.3) is 0 Å². The fraction of sp³-hybridized carbons (Fsp3) is 0.300. The molecule has 2 amide bonds. The van der Waals surface area contributed by atoms with Crippen LogP contribution in [0.4, 0.5) is 17.1 Å². The maximum atomic E-state index is 12.4. The molecule has 148 valence electrons. The predicted octanol–water partition coefficient (Wildman–Crippen LogP) is 2.53. The Hall–Kier alpha value is -2.87. The molecule has 1 heterocycles. The average molecular weight is 401 g/mol. The van der Waals surface area contributed by atoms with Crippen molar-refractivity contribution in [1.29, 1.82) is 0 Å². The Bertz CT molecular complexity index is 970. The van der Waals surface area contributed by atoms with Gasteiger partial charge in [-0.15, -0.1) is 0 Å². The molecule has 0 bridgehead atoms. The van der Waals surface area contributed by atoms with E-state index in [1.54, 1.807) is 53.4 Å². The molecule has 7 nitrogen and oxygen atoms in total. The molecule has 2 aromatic carbocycles. The number of nitrogens with zero attached hydrogens (tertiary/aromatic N) is 2. The van der Waals surface area contributed by atoms with Crippen molar-refractivity contribution in [3.8, 4) is 0 Å². The fourth-order valence-electron chi connectivity index (χ4n) is 3.09. The number of amides is 2. The first kappa shape index (κ1) is 19.9. The summed E-state index contributed by atoms with van der Waals surface area (Å²) in [7, 11) is -3.61. The third-order valence-corrected chi connectivity index (χ3v) is 5.69. The standard InChI is InChI=1S/C20H23N3O4S/c1-15-5-9-18(10-6-15)23(28(2,26)27)14-19(24)21-16-7-11-17(12-8-16)22-13-3-4-20(22)25/h5-12H,3-4,13-14H2,1-2H3,(H,21,24). The first-order valence-electron chi connectivity index (χ1n) is 8.99. The van der Waals surface area contributed by atoms with E-state index >= 15 is 0 Å². The summed E-state index contributed by atoms with van der Waals surface area (Å²) in [6.07, 6.45) is 2.47. The van der Waals surface area contributed by atoms with Gasteiger partial charge in [-0.1, -0.05) is 17.7 Å². The maximum Gasteiger partial charge on any atom is 0.245 e. The highest BCUT2D eigenvalue weighted by Gasteiger charge is 2.22. The molecule has 1 aliphatic heterocycles. The molecule has 2 aromatic rings. The number of benzene rings is 2. The van der Waals surface area contributed by atoms with Crippen LogP contribution >= 0.6 is 0 Å². The van der Waals surface area contributed by atoms with Crippen LogP contribution in [0.3, 0.4) is 0 Å². The van der Waals surface area contributed by atoms with Crippen molar-refractivity contribution in [2.45, 2.75) is 19.8 Å². The summed E-state index contributed by atoms with van der Waals surface area (Å²) in [6, 6.07) is 13.9. The second-order valence-electron chi connectivity index (χ2n) is 6.85. The summed E-state index contributed by atoms with van der Waals surface area (Å²) in [5.41, 5.74) is 2.76. The van der Waals surface area contributed by atoms with Gasteiger partial charge in [0.1, 0.15) is 6.54 Å². The van der Waals surface area contributed by atoms with Crippen LogP contribution in [0.15, 0.2) is 48.5 Å². The van der Waals surface area contributed by atoms with Gasteiger partial charge in [0.15, 0.2) is 0 Å². The molecular weight excluding hydrogens is 378 g/mol. The van der Waals surface area contributed by atoms with Crippen LogP contribution in [-0.2, 0) is 19.6 Å². The van der Waals surface area contributed by atoms with Gasteiger partial charge in [-0.25, -0.2) is 8.42 Å². The van der Waals surface area contributed by atoms with Crippen molar-refractivity contribution < 1.29 is 18.0 Å². The lowest BCUT2D eigenvalue weighted by atomic mass is 10.2. The second-order valence-corrected chi connectivity index (χ2v) is 8.76. The van der Waals surface area contributed by atoms with E-state index in [0.717, 1.165) is 28.2 Å². The van der Waals surface area contributed by atoms with Gasteiger partial charge in [0.2, 0.25) is 21.8 Å². The maximum absolute atomic E-state index is 12.4. The van der Waals surface area contributed by atoms with Crippen molar-refractivity contribution in [2.24, 2.45) is 0 Å². The van der Waals surface area contributed by atoms with Crippen LogP contribution in [-0.4, -0.2) is 39.6 Å². The van der Waals surface area contributed by atoms with Gasteiger partial charge in [-0.05, 0) is 49.7 Å². The quantitative estimate of drug-likeness (QED) is 0.806. The van der Waals surface area contributed by atoms with E-state index in [0.29, 0.717) is 24.3 Å². The molecule has 3 rings (SSSR count). The molecule has 1 saturated heterocycles. The molecule has 1 N–H and O–H groups in total. The van der Waals surface area contributed by atoms with Crippen LogP contribution in [0, 0.1) is 6.92 Å². The molecule has 0 aromatic heterocycles. The summed E-state index contributed by atoms with van der Waals surface area (Å²) in [5, 5.41) is 2.71. The number of anilines is 3. The minimum Gasteiger partial charge on any atom is -0.325 e. The predicted molar refractivity (Wildman–Crippen MR) is 110 cm³/mol. The Labute approximate surface area is 165 Å². The van der Waals surface area contributed by atoms with E-state index in [9.17, 15) is 18.0 Å². The van der Waals surface area contributed by atoms with Crippen LogP contribution in [0.25, 0.3) is 0 Å². The van der Waals surface area contributed by atoms with Crippen molar-refractivity contribution in [3.05, 3.63) is 54.1 Å². The fourth-order valence-corrected chi connectivity index (χ4v) is 3.94. The molecule has 8 heteroatoms. The Morgan fingerprint density at radius 1 is 1.11 bits per heavy atom. The Balaban J connectivity index is 1.69. The smallest absolute Gasteiger partial charge is 0.245 e. The molecule has 0 aliphatic carbocycles. The van der Waals surface area contributed by atoms with Crippen molar-refractivity contribution >= 4 is 38.9 Å². The highest BCUT2D eigenvalue weighted by atomic mass is 32.2. The number of sulfonamides is 1. The van der Waals surface area contributed by atoms with Crippen molar-refractivity contribution in [2.75, 3.05) is 33.9 Å². The summed E-state index contributed by atoms with van der Waals surface area (Å²) >= 11 is 0. The minimum atomic E-state index is -3.61. The van der Waals surface area contributed by atoms with Crippen LogP contribution in [0.1, 0.15) is 18.4 Å². The lowest BCUT2D eigenvalue weighted by Gasteiger charge is -2.22. The average Bonchev–Trinajstić information content (AvgIpc) is 3.06. The van der Waals surface area contributed by atoms with E-state index < -0.39 is 15.9 Å². The van der Waals surface area contributed by atoms with E-state index in [2.05, 4.69) is 5.32 Å². The van der Waals surface area contributed by atoms with Gasteiger partial charge < -0.3 is 10.2 Å². The topological polar surface area (TPSA) is 86.8 Å². The first-order chi connectivity index (χ1) is 13.2. The van der Waals surface area contributed by atoms with Crippen LogP contribution in [0.2, 0.25) is 0 Å². The van der Waals surface area contributed by atoms with E-state index in [4.69, 9.17) is 0 Å². The first-order valence-corrected chi connectivity index (χ1v) is 10.8. The number of rotatable bonds is 6. The lowest BCUT2D eigenvalue weighted by Crippen LogP contribution is -2.37. The zero-order chi connectivity index (χ0) is 20.3. The number of carbonyl (C=O) groups is 2. The molecule has 28 heavy (non-hydrogen) atoms. The third kappa shape index (κ3) is 4.69. The zero-order valence-corrected chi connectivity index (χ0v) is 16.7. The third-order valence-electron chi connectivity index (χ3n) is 4.55. The Morgan fingerprint density at radius 2 is 1.75 bits per heavy atom. The highest BCUT2D eigenvalue weighted by molar-refractivity contribution is 7.92. The van der Waals surface area contributed by atoms with Gasteiger partial charge >= 0.3 is 0 Å². The van der Waals surface area contributed by atoms with Crippen molar-refractivity contribution in [3.63, 3.8) is 0 Å². The largest absolute Gasteiger partial charge is 0.325 e. The normalized spacial score (nSPS) is 14.2. The number of nitrogens with one attached hydrogen (secondary N) is 1. The van der Waals surface area contributed by atoms with Crippen molar-refractivity contribution in [1.82, 2.24) is 0 Å². The summed E-state index contributed by atoms with van der Waals surface area (Å²) < 4.78 is 25.3. The van der Waals surface area contributed by atoms with Crippen LogP contribution < -0.4 is 14.5 Å². The molecule has 0 atom stereocenters. The monoisotopic (exact) mass is 401 g/mol. The van der Waals surface area contributed by atoms with Gasteiger partial charge in [-0.3, -0.25) is 13.9 Å². The molecule has 1 aliphatic rings. The highest BCUT2D eigenvalue weighted by Crippen LogP contribution is 2.23. The second kappa shape index (κ2) is 8.02. The zero-order valence-electron chi connectivity index (χ0n) is 15.9. The number of hydrogen-bond donors (Lipinski definition) is 1. The number of carbonyl (C=O) groups excluding carboxylic acids is 2. The minimum absolute atomic E-state index is 0.0960. The van der Waals surface area contributed by atoms with Gasteiger partial charge in [0, 0.05) is 24.3 Å². The molecule has 0 saturated carbocycles. The molecule has 0 spiro atoms. The summed E-state index contributed by atoms with van der Waals surface area (Å²) in [5.74, 6) is -0.352. The van der Waals surface area contributed by atoms with Gasteiger partial charge in [-0.2, -0.15) is 0 Å². The molecular formula is C20H23N3O4S. The molecule has 0 unspecified atom stereocenters. The summed E-state index contributed by atoms with van der Waals surface area (Å²) in [4.78, 5) is 25.9. The number of aryl methyl sites for hydroxylation is 1. The number of hydrogen-bond acceptors (Lipinski definition) is 4. The van der Waals surface area contributed by atoms with E-state index in [1.165, 1.54) is 0 Å². The molecule has 1 fully saturated rings. The van der Waals surface area contributed by atoms with Crippen LogP contribution in [0.5, 0.6) is 0 Å².